The molecule has 0 unspecified atom stereocenters. The number of hydrogen-bond donors (Lipinski definition) is 1. The summed E-state index contributed by atoms with van der Waals surface area (Å²) in [6.45, 7) is 2.00. The molecule has 0 saturated heterocycles. The van der Waals surface area contributed by atoms with Gasteiger partial charge in [-0.05, 0) is 13.0 Å². The lowest BCUT2D eigenvalue weighted by Crippen LogP contribution is -2.01. The van der Waals surface area contributed by atoms with E-state index >= 15 is 0 Å². The quantitative estimate of drug-likeness (QED) is 0.409. The van der Waals surface area contributed by atoms with Gasteiger partial charge >= 0.3 is 11.9 Å². The monoisotopic (exact) mass is 196 g/mol. The molecule has 14 heavy (non-hydrogen) atoms. The highest BCUT2D eigenvalue weighted by Gasteiger charge is 1.95. The molecule has 4 nitrogen and oxygen atoms in total. The highest BCUT2D eigenvalue weighted by atomic mass is 16.5. The summed E-state index contributed by atoms with van der Waals surface area (Å²) in [5.74, 6) is -1.84. The number of carbonyl (C=O) groups excluding carboxylic acids is 1. The number of carboxylic acids is 1. The molecule has 4 heteroatoms. The van der Waals surface area contributed by atoms with Crippen LogP contribution in [0, 0.1) is 0 Å². The summed E-state index contributed by atoms with van der Waals surface area (Å²) >= 11 is 0. The third-order valence-electron chi connectivity index (χ3n) is 1.12. The van der Waals surface area contributed by atoms with Crippen molar-refractivity contribution in [1.82, 2.24) is 0 Å². The maximum absolute atomic E-state index is 10.8. The number of esters is 1. The lowest BCUT2D eigenvalue weighted by Gasteiger charge is -1.94. The molecule has 0 amide bonds. The molecule has 0 atom stereocenters. The summed E-state index contributed by atoms with van der Waals surface area (Å²) in [6, 6.07) is 0. The van der Waals surface area contributed by atoms with Crippen LogP contribution in [0.4, 0.5) is 0 Å². The van der Waals surface area contributed by atoms with Crippen LogP contribution in [0.5, 0.6) is 0 Å². The van der Waals surface area contributed by atoms with Crippen LogP contribution in [0.25, 0.3) is 0 Å². The van der Waals surface area contributed by atoms with Gasteiger partial charge in [0.25, 0.3) is 0 Å². The predicted molar refractivity (Wildman–Crippen MR) is 51.7 cm³/mol. The number of aliphatic carboxylic acids is 1. The van der Waals surface area contributed by atoms with E-state index in [9.17, 15) is 9.59 Å². The van der Waals surface area contributed by atoms with Crippen LogP contribution in [0.1, 0.15) is 6.92 Å². The Morgan fingerprint density at radius 1 is 1.29 bits per heavy atom. The molecule has 1 N–H and O–H groups in total. The minimum Gasteiger partial charge on any atom is -0.478 e. The van der Waals surface area contributed by atoms with Crippen LogP contribution < -0.4 is 0 Å². The second kappa shape index (κ2) is 7.79. The molecule has 0 radical (unpaired) electrons. The van der Waals surface area contributed by atoms with E-state index in [1.165, 1.54) is 0 Å². The molecule has 0 aliphatic rings. The van der Waals surface area contributed by atoms with Crippen molar-refractivity contribution in [3.05, 3.63) is 36.5 Å². The second-order valence-electron chi connectivity index (χ2n) is 2.26. The molecular formula is C10H12O4. The van der Waals surface area contributed by atoms with Crippen molar-refractivity contribution in [2.75, 3.05) is 6.61 Å². The summed E-state index contributed by atoms with van der Waals surface area (Å²) in [7, 11) is 0. The Balaban J connectivity index is 3.69. The first kappa shape index (κ1) is 12.2. The number of carboxylic acid groups (broad SMARTS) is 1. The first-order chi connectivity index (χ1) is 6.66. The van der Waals surface area contributed by atoms with E-state index in [-0.39, 0.29) is 6.61 Å². The number of hydrogen-bond acceptors (Lipinski definition) is 3. The normalized spacial score (nSPS) is 11.5. The van der Waals surface area contributed by atoms with Crippen LogP contribution in [0.15, 0.2) is 36.5 Å². The van der Waals surface area contributed by atoms with E-state index in [0.717, 1.165) is 12.2 Å². The lowest BCUT2D eigenvalue weighted by atomic mass is 10.4. The van der Waals surface area contributed by atoms with Gasteiger partial charge in [-0.3, -0.25) is 0 Å². The molecule has 0 fully saturated rings. The van der Waals surface area contributed by atoms with Gasteiger partial charge in [-0.1, -0.05) is 18.2 Å². The van der Waals surface area contributed by atoms with Crippen LogP contribution in [-0.2, 0) is 14.3 Å². The zero-order valence-electron chi connectivity index (χ0n) is 7.84. The maximum atomic E-state index is 10.8. The van der Waals surface area contributed by atoms with Crippen molar-refractivity contribution in [3.8, 4) is 0 Å². The Hall–Kier alpha value is -1.84. The standard InChI is InChI=1S/C10H12O4/c1-2-3-4-5-8-14-10(13)7-6-9(11)12/h2-7H,8H2,1H3,(H,11,12)/b3-2+,5-4+,7-6+. The van der Waals surface area contributed by atoms with E-state index in [1.54, 1.807) is 18.2 Å². The van der Waals surface area contributed by atoms with Gasteiger partial charge in [0, 0.05) is 12.2 Å². The summed E-state index contributed by atoms with van der Waals surface area (Å²) in [4.78, 5) is 20.8. The van der Waals surface area contributed by atoms with Crippen molar-refractivity contribution in [2.24, 2.45) is 0 Å². The molecule has 0 heterocycles. The van der Waals surface area contributed by atoms with Gasteiger partial charge in [0.2, 0.25) is 0 Å². The average molecular weight is 196 g/mol. The fourth-order valence-corrected chi connectivity index (χ4v) is 0.563. The van der Waals surface area contributed by atoms with Crippen molar-refractivity contribution in [2.45, 2.75) is 6.92 Å². The van der Waals surface area contributed by atoms with Crippen LogP contribution in [-0.4, -0.2) is 23.7 Å². The zero-order valence-corrected chi connectivity index (χ0v) is 7.84. The number of ether oxygens (including phenoxy) is 1. The second-order valence-corrected chi connectivity index (χ2v) is 2.26. The molecule has 0 rings (SSSR count). The highest BCUT2D eigenvalue weighted by Crippen LogP contribution is 1.84. The van der Waals surface area contributed by atoms with Gasteiger partial charge in [-0.2, -0.15) is 0 Å². The molecule has 0 aliphatic carbocycles. The third kappa shape index (κ3) is 8.26. The van der Waals surface area contributed by atoms with Gasteiger partial charge in [-0.15, -0.1) is 0 Å². The summed E-state index contributed by atoms with van der Waals surface area (Å²) < 4.78 is 4.63. The van der Waals surface area contributed by atoms with Crippen LogP contribution >= 0.6 is 0 Å². The molecule has 76 valence electrons. The Bertz CT molecular complexity index is 274. The van der Waals surface area contributed by atoms with Crippen molar-refractivity contribution >= 4 is 11.9 Å². The Labute approximate surface area is 82.2 Å². The molecule has 0 saturated carbocycles. The van der Waals surface area contributed by atoms with Crippen LogP contribution in [0.3, 0.4) is 0 Å². The topological polar surface area (TPSA) is 63.6 Å². The van der Waals surface area contributed by atoms with E-state index in [0.29, 0.717) is 0 Å². The van der Waals surface area contributed by atoms with E-state index in [2.05, 4.69) is 4.74 Å². The number of rotatable bonds is 5. The Morgan fingerprint density at radius 3 is 2.57 bits per heavy atom. The van der Waals surface area contributed by atoms with E-state index in [1.807, 2.05) is 13.0 Å². The number of allylic oxidation sites excluding steroid dienone is 3. The van der Waals surface area contributed by atoms with Crippen molar-refractivity contribution < 1.29 is 19.4 Å². The van der Waals surface area contributed by atoms with Gasteiger partial charge in [0.05, 0.1) is 0 Å². The third-order valence-corrected chi connectivity index (χ3v) is 1.12. The van der Waals surface area contributed by atoms with Crippen molar-refractivity contribution in [1.29, 1.82) is 0 Å². The van der Waals surface area contributed by atoms with Gasteiger partial charge in [-0.25, -0.2) is 9.59 Å². The fourth-order valence-electron chi connectivity index (χ4n) is 0.563. The number of carbonyl (C=O) groups is 2. The minimum absolute atomic E-state index is 0.132. The smallest absolute Gasteiger partial charge is 0.331 e. The van der Waals surface area contributed by atoms with Gasteiger partial charge < -0.3 is 9.84 Å². The van der Waals surface area contributed by atoms with E-state index in [4.69, 9.17) is 5.11 Å². The zero-order chi connectivity index (χ0) is 10.8. The molecule has 0 spiro atoms. The minimum atomic E-state index is -1.17. The fraction of sp³-hybridized carbons (Fsp3) is 0.200. The Kier molecular flexibility index (Phi) is 6.77. The molecule has 0 aliphatic heterocycles. The lowest BCUT2D eigenvalue weighted by molar-refractivity contribution is -0.137. The molecule has 0 aromatic rings. The van der Waals surface area contributed by atoms with Gasteiger partial charge in [0.1, 0.15) is 6.61 Å². The molecular weight excluding hydrogens is 184 g/mol. The van der Waals surface area contributed by atoms with Crippen LogP contribution in [0.2, 0.25) is 0 Å². The van der Waals surface area contributed by atoms with Gasteiger partial charge in [0.15, 0.2) is 0 Å². The first-order valence-corrected chi connectivity index (χ1v) is 4.02. The van der Waals surface area contributed by atoms with E-state index < -0.39 is 11.9 Å². The largest absolute Gasteiger partial charge is 0.478 e. The SMILES string of the molecule is C/C=C/C=C/COC(=O)/C=C/C(=O)O. The average Bonchev–Trinajstić information content (AvgIpc) is 2.14. The predicted octanol–water partition coefficient (Wildman–Crippen LogP) is 1.30. The highest BCUT2D eigenvalue weighted by molar-refractivity contribution is 5.90. The maximum Gasteiger partial charge on any atom is 0.331 e. The van der Waals surface area contributed by atoms with Crippen molar-refractivity contribution in [3.63, 3.8) is 0 Å². The molecule has 0 aromatic carbocycles. The Morgan fingerprint density at radius 2 is 2.00 bits per heavy atom. The summed E-state index contributed by atoms with van der Waals surface area (Å²) in [6.07, 6.45) is 8.61. The summed E-state index contributed by atoms with van der Waals surface area (Å²) in [5.41, 5.74) is 0. The molecule has 0 aromatic heterocycles. The molecule has 0 bridgehead atoms. The first-order valence-electron chi connectivity index (χ1n) is 4.02. The summed E-state index contributed by atoms with van der Waals surface area (Å²) in [5, 5.41) is 8.19.